The highest BCUT2D eigenvalue weighted by Crippen LogP contribution is 2.23. The Balaban J connectivity index is 2.84. The van der Waals surface area contributed by atoms with Crippen molar-refractivity contribution >= 4 is 5.91 Å². The molecular weight excluding hydrogens is 250 g/mol. The van der Waals surface area contributed by atoms with Gasteiger partial charge in [-0.05, 0) is 37.6 Å². The zero-order valence-electron chi connectivity index (χ0n) is 11.5. The summed E-state index contributed by atoms with van der Waals surface area (Å²) in [4.78, 5) is 13.4. The van der Waals surface area contributed by atoms with E-state index in [0.717, 1.165) is 18.2 Å². The SMILES string of the molecule is CC(CN)CC(=O)N(C)C(C)c1cc(F)ccc1F. The molecule has 0 bridgehead atoms. The summed E-state index contributed by atoms with van der Waals surface area (Å²) in [5.74, 6) is -1.09. The molecule has 0 saturated carbocycles. The van der Waals surface area contributed by atoms with E-state index in [4.69, 9.17) is 5.73 Å². The van der Waals surface area contributed by atoms with E-state index >= 15 is 0 Å². The molecule has 0 aliphatic carbocycles. The Morgan fingerprint density at radius 2 is 2.00 bits per heavy atom. The molecule has 0 radical (unpaired) electrons. The summed E-state index contributed by atoms with van der Waals surface area (Å²) in [7, 11) is 1.58. The Bertz CT molecular complexity index is 451. The highest BCUT2D eigenvalue weighted by Gasteiger charge is 2.21. The minimum atomic E-state index is -0.520. The van der Waals surface area contributed by atoms with Gasteiger partial charge in [-0.15, -0.1) is 0 Å². The summed E-state index contributed by atoms with van der Waals surface area (Å²) in [6.07, 6.45) is 0.300. The van der Waals surface area contributed by atoms with E-state index in [-0.39, 0.29) is 17.4 Å². The first-order valence-corrected chi connectivity index (χ1v) is 6.27. The van der Waals surface area contributed by atoms with E-state index < -0.39 is 17.7 Å². The average molecular weight is 270 g/mol. The second kappa shape index (κ2) is 6.61. The molecule has 0 aliphatic rings. The van der Waals surface area contributed by atoms with Crippen LogP contribution in [0, 0.1) is 17.6 Å². The third kappa shape index (κ3) is 3.99. The summed E-state index contributed by atoms with van der Waals surface area (Å²) >= 11 is 0. The Morgan fingerprint density at radius 1 is 1.37 bits per heavy atom. The van der Waals surface area contributed by atoms with Crippen LogP contribution < -0.4 is 5.73 Å². The van der Waals surface area contributed by atoms with E-state index in [1.54, 1.807) is 14.0 Å². The standard InChI is InChI=1S/C14H20F2N2O/c1-9(8-17)6-14(19)18(3)10(2)12-7-11(15)4-5-13(12)16/h4-5,7,9-10H,6,8,17H2,1-3H3. The van der Waals surface area contributed by atoms with Gasteiger partial charge in [0.05, 0.1) is 6.04 Å². The summed E-state index contributed by atoms with van der Waals surface area (Å²) in [5, 5.41) is 0. The van der Waals surface area contributed by atoms with Crippen LogP contribution in [0.1, 0.15) is 31.9 Å². The number of hydrogen-bond donors (Lipinski definition) is 1. The summed E-state index contributed by atoms with van der Waals surface area (Å²) < 4.78 is 26.8. The van der Waals surface area contributed by atoms with Crippen molar-refractivity contribution in [1.82, 2.24) is 4.90 Å². The van der Waals surface area contributed by atoms with Crippen LogP contribution in [0.5, 0.6) is 0 Å². The number of carbonyl (C=O) groups excluding carboxylic acids is 1. The molecule has 1 aromatic rings. The number of hydrogen-bond acceptors (Lipinski definition) is 2. The molecule has 1 amide bonds. The molecule has 3 nitrogen and oxygen atoms in total. The van der Waals surface area contributed by atoms with Crippen molar-refractivity contribution in [1.29, 1.82) is 0 Å². The van der Waals surface area contributed by atoms with Crippen LogP contribution in [0.25, 0.3) is 0 Å². The van der Waals surface area contributed by atoms with Gasteiger partial charge in [0.25, 0.3) is 0 Å². The van der Waals surface area contributed by atoms with Crippen LogP contribution in [-0.4, -0.2) is 24.4 Å². The quantitative estimate of drug-likeness (QED) is 0.893. The molecule has 0 aromatic heterocycles. The van der Waals surface area contributed by atoms with Crippen molar-refractivity contribution in [3.05, 3.63) is 35.4 Å². The minimum Gasteiger partial charge on any atom is -0.339 e. The van der Waals surface area contributed by atoms with E-state index in [9.17, 15) is 13.6 Å². The monoisotopic (exact) mass is 270 g/mol. The van der Waals surface area contributed by atoms with Gasteiger partial charge < -0.3 is 10.6 Å². The summed E-state index contributed by atoms with van der Waals surface area (Å²) in [5.41, 5.74) is 5.65. The molecule has 2 N–H and O–H groups in total. The smallest absolute Gasteiger partial charge is 0.223 e. The van der Waals surface area contributed by atoms with Gasteiger partial charge in [-0.2, -0.15) is 0 Å². The van der Waals surface area contributed by atoms with Gasteiger partial charge in [0.15, 0.2) is 0 Å². The molecule has 0 aliphatic heterocycles. The van der Waals surface area contributed by atoms with E-state index in [1.807, 2.05) is 6.92 Å². The summed E-state index contributed by atoms with van der Waals surface area (Å²) in [6.45, 7) is 3.96. The van der Waals surface area contributed by atoms with Gasteiger partial charge in [0, 0.05) is 19.0 Å². The first-order valence-electron chi connectivity index (χ1n) is 6.27. The van der Waals surface area contributed by atoms with Crippen molar-refractivity contribution < 1.29 is 13.6 Å². The predicted molar refractivity (Wildman–Crippen MR) is 70.4 cm³/mol. The van der Waals surface area contributed by atoms with Crippen molar-refractivity contribution in [2.45, 2.75) is 26.3 Å². The Labute approximate surface area is 112 Å². The zero-order chi connectivity index (χ0) is 14.6. The topological polar surface area (TPSA) is 46.3 Å². The maximum Gasteiger partial charge on any atom is 0.223 e. The maximum atomic E-state index is 13.6. The average Bonchev–Trinajstić information content (AvgIpc) is 2.39. The Kier molecular flexibility index (Phi) is 5.42. The van der Waals surface area contributed by atoms with Gasteiger partial charge in [-0.25, -0.2) is 8.78 Å². The number of amides is 1. The maximum absolute atomic E-state index is 13.6. The molecule has 0 saturated heterocycles. The molecule has 0 heterocycles. The van der Waals surface area contributed by atoms with Gasteiger partial charge >= 0.3 is 0 Å². The zero-order valence-corrected chi connectivity index (χ0v) is 11.5. The minimum absolute atomic E-state index is 0.0690. The lowest BCUT2D eigenvalue weighted by Gasteiger charge is -2.26. The number of rotatable bonds is 5. The number of nitrogens with two attached hydrogens (primary N) is 1. The third-order valence-electron chi connectivity index (χ3n) is 3.31. The lowest BCUT2D eigenvalue weighted by atomic mass is 10.0. The van der Waals surface area contributed by atoms with Crippen molar-refractivity contribution in [2.24, 2.45) is 11.7 Å². The number of nitrogens with zero attached hydrogens (tertiary/aromatic N) is 1. The first-order chi connectivity index (χ1) is 8.86. The molecule has 106 valence electrons. The third-order valence-corrected chi connectivity index (χ3v) is 3.31. The number of carbonyl (C=O) groups is 1. The largest absolute Gasteiger partial charge is 0.339 e. The summed E-state index contributed by atoms with van der Waals surface area (Å²) in [6, 6.07) is 2.73. The van der Waals surface area contributed by atoms with Crippen LogP contribution in [-0.2, 0) is 4.79 Å². The van der Waals surface area contributed by atoms with Crippen LogP contribution in [0.2, 0.25) is 0 Å². The van der Waals surface area contributed by atoms with Gasteiger partial charge in [0.2, 0.25) is 5.91 Å². The predicted octanol–water partition coefficient (Wildman–Crippen LogP) is 2.47. The van der Waals surface area contributed by atoms with Crippen LogP contribution in [0.3, 0.4) is 0 Å². The molecule has 1 rings (SSSR count). The molecule has 2 unspecified atom stereocenters. The second-order valence-corrected chi connectivity index (χ2v) is 4.89. The molecule has 2 atom stereocenters. The van der Waals surface area contributed by atoms with E-state index in [1.165, 1.54) is 4.90 Å². The fourth-order valence-corrected chi connectivity index (χ4v) is 1.78. The lowest BCUT2D eigenvalue weighted by molar-refractivity contribution is -0.132. The Hall–Kier alpha value is -1.49. The highest BCUT2D eigenvalue weighted by atomic mass is 19.1. The molecule has 1 aromatic carbocycles. The van der Waals surface area contributed by atoms with E-state index in [0.29, 0.717) is 13.0 Å². The fraction of sp³-hybridized carbons (Fsp3) is 0.500. The fourth-order valence-electron chi connectivity index (χ4n) is 1.78. The van der Waals surface area contributed by atoms with Crippen molar-refractivity contribution in [3.8, 4) is 0 Å². The highest BCUT2D eigenvalue weighted by molar-refractivity contribution is 5.76. The molecule has 0 fully saturated rings. The number of halogens is 2. The van der Waals surface area contributed by atoms with Gasteiger partial charge in [-0.1, -0.05) is 6.92 Å². The van der Waals surface area contributed by atoms with Crippen LogP contribution in [0.15, 0.2) is 18.2 Å². The van der Waals surface area contributed by atoms with Crippen LogP contribution >= 0.6 is 0 Å². The van der Waals surface area contributed by atoms with Crippen LogP contribution in [0.4, 0.5) is 8.78 Å². The van der Waals surface area contributed by atoms with Gasteiger partial charge in [-0.3, -0.25) is 4.79 Å². The first kappa shape index (κ1) is 15.6. The second-order valence-electron chi connectivity index (χ2n) is 4.89. The molecule has 5 heteroatoms. The normalized spacial score (nSPS) is 14.0. The van der Waals surface area contributed by atoms with Crippen molar-refractivity contribution in [2.75, 3.05) is 13.6 Å². The molecule has 0 spiro atoms. The van der Waals surface area contributed by atoms with E-state index in [2.05, 4.69) is 0 Å². The van der Waals surface area contributed by atoms with Crippen molar-refractivity contribution in [3.63, 3.8) is 0 Å². The lowest BCUT2D eigenvalue weighted by Crippen LogP contribution is -2.32. The molecule has 19 heavy (non-hydrogen) atoms. The van der Waals surface area contributed by atoms with Gasteiger partial charge in [0.1, 0.15) is 11.6 Å². The Morgan fingerprint density at radius 3 is 2.58 bits per heavy atom. The number of benzene rings is 1. The molecular formula is C14H20F2N2O.